The molecule has 0 bridgehead atoms. The molecule has 7 heteroatoms. The summed E-state index contributed by atoms with van der Waals surface area (Å²) in [7, 11) is 1.14. The highest BCUT2D eigenvalue weighted by molar-refractivity contribution is 5.92. The van der Waals surface area contributed by atoms with E-state index in [1.165, 1.54) is 12.1 Å². The van der Waals surface area contributed by atoms with Crippen LogP contribution in [0.15, 0.2) is 36.4 Å². The number of hydrogen-bond donors (Lipinski definition) is 0. The smallest absolute Gasteiger partial charge is 0.338 e. The fraction of sp³-hybridized carbons (Fsp3) is 0.0714. The van der Waals surface area contributed by atoms with E-state index in [0.717, 1.165) is 25.3 Å². The van der Waals surface area contributed by atoms with Gasteiger partial charge >= 0.3 is 5.97 Å². The van der Waals surface area contributed by atoms with Gasteiger partial charge < -0.3 is 4.74 Å². The van der Waals surface area contributed by atoms with Crippen LogP contribution in [0, 0.1) is 21.7 Å². The Morgan fingerprint density at radius 2 is 1.76 bits per heavy atom. The zero-order valence-corrected chi connectivity index (χ0v) is 10.8. The molecule has 0 aromatic heterocycles. The van der Waals surface area contributed by atoms with Crippen LogP contribution in [0.3, 0.4) is 0 Å². The second-order valence-electron chi connectivity index (χ2n) is 4.14. The molecule has 0 radical (unpaired) electrons. The first-order chi connectivity index (χ1) is 9.92. The number of benzene rings is 2. The summed E-state index contributed by atoms with van der Waals surface area (Å²) in [5.41, 5.74) is -0.450. The summed E-state index contributed by atoms with van der Waals surface area (Å²) < 4.78 is 30.9. The number of nitrogens with zero attached hydrogens (tertiary/aromatic N) is 1. The average Bonchev–Trinajstić information content (AvgIpc) is 2.44. The van der Waals surface area contributed by atoms with Gasteiger partial charge in [-0.05, 0) is 29.8 Å². The standard InChI is InChI=1S/C14H9F2NO4/c1-21-14(18)8-2-3-12(13(6-8)17(19)20)9-4-10(15)7-11(16)5-9/h2-7H,1H3. The van der Waals surface area contributed by atoms with E-state index < -0.39 is 28.2 Å². The Balaban J connectivity index is 2.63. The molecular weight excluding hydrogens is 284 g/mol. The minimum atomic E-state index is -0.851. The normalized spacial score (nSPS) is 10.2. The monoisotopic (exact) mass is 293 g/mol. The van der Waals surface area contributed by atoms with Crippen molar-refractivity contribution in [3.05, 3.63) is 63.7 Å². The highest BCUT2D eigenvalue weighted by Gasteiger charge is 2.20. The molecule has 0 N–H and O–H groups in total. The van der Waals surface area contributed by atoms with Crippen LogP contribution in [0.2, 0.25) is 0 Å². The van der Waals surface area contributed by atoms with Crippen molar-refractivity contribution in [3.8, 4) is 11.1 Å². The number of carbonyl (C=O) groups excluding carboxylic acids is 1. The Bertz CT molecular complexity index is 711. The van der Waals surface area contributed by atoms with Gasteiger partial charge in [0.15, 0.2) is 0 Å². The molecule has 0 heterocycles. The molecule has 0 unspecified atom stereocenters. The second kappa shape index (κ2) is 5.66. The van der Waals surface area contributed by atoms with Gasteiger partial charge in [-0.15, -0.1) is 0 Å². The van der Waals surface area contributed by atoms with Gasteiger partial charge in [0.25, 0.3) is 5.69 Å². The molecule has 0 saturated carbocycles. The molecule has 0 aliphatic rings. The predicted molar refractivity (Wildman–Crippen MR) is 69.8 cm³/mol. The summed E-state index contributed by atoms with van der Waals surface area (Å²) in [4.78, 5) is 21.7. The minimum Gasteiger partial charge on any atom is -0.465 e. The third kappa shape index (κ3) is 3.02. The Morgan fingerprint density at radius 3 is 2.29 bits per heavy atom. The number of hydrogen-bond acceptors (Lipinski definition) is 4. The highest BCUT2D eigenvalue weighted by atomic mass is 19.1. The Kier molecular flexibility index (Phi) is 3.93. The lowest BCUT2D eigenvalue weighted by molar-refractivity contribution is -0.384. The molecule has 0 atom stereocenters. The van der Waals surface area contributed by atoms with Crippen molar-refractivity contribution in [3.63, 3.8) is 0 Å². The van der Waals surface area contributed by atoms with Crippen LogP contribution in [-0.2, 0) is 4.74 Å². The summed E-state index contributed by atoms with van der Waals surface area (Å²) in [6, 6.07) is 6.16. The molecule has 108 valence electrons. The Morgan fingerprint density at radius 1 is 1.14 bits per heavy atom. The van der Waals surface area contributed by atoms with E-state index in [4.69, 9.17) is 0 Å². The van der Waals surface area contributed by atoms with Gasteiger partial charge in [0.1, 0.15) is 11.6 Å². The van der Waals surface area contributed by atoms with Crippen LogP contribution in [0.5, 0.6) is 0 Å². The number of esters is 1. The van der Waals surface area contributed by atoms with Gasteiger partial charge in [-0.2, -0.15) is 0 Å². The van der Waals surface area contributed by atoms with Crippen LogP contribution in [0.1, 0.15) is 10.4 Å². The van der Waals surface area contributed by atoms with Crippen LogP contribution in [-0.4, -0.2) is 18.0 Å². The van der Waals surface area contributed by atoms with E-state index in [2.05, 4.69) is 4.74 Å². The van der Waals surface area contributed by atoms with Crippen molar-refractivity contribution in [1.82, 2.24) is 0 Å². The third-order valence-corrected chi connectivity index (χ3v) is 2.79. The maximum Gasteiger partial charge on any atom is 0.338 e. The van der Waals surface area contributed by atoms with E-state index >= 15 is 0 Å². The number of halogens is 2. The average molecular weight is 293 g/mol. The van der Waals surface area contributed by atoms with Gasteiger partial charge in [0, 0.05) is 12.1 Å². The van der Waals surface area contributed by atoms with Gasteiger partial charge in [-0.3, -0.25) is 10.1 Å². The summed E-state index contributed by atoms with van der Waals surface area (Å²) in [5, 5.41) is 11.1. The summed E-state index contributed by atoms with van der Waals surface area (Å²) in [6.07, 6.45) is 0. The lowest BCUT2D eigenvalue weighted by Crippen LogP contribution is -2.03. The SMILES string of the molecule is COC(=O)c1ccc(-c2cc(F)cc(F)c2)c([N+](=O)[O-])c1. The van der Waals surface area contributed by atoms with Gasteiger partial charge in [0.2, 0.25) is 0 Å². The first kappa shape index (κ1) is 14.6. The summed E-state index contributed by atoms with van der Waals surface area (Å²) >= 11 is 0. The maximum absolute atomic E-state index is 13.2. The molecular formula is C14H9F2NO4. The van der Waals surface area contributed by atoms with Crippen molar-refractivity contribution >= 4 is 11.7 Å². The van der Waals surface area contributed by atoms with E-state index in [1.54, 1.807) is 0 Å². The number of nitro benzene ring substituents is 1. The van der Waals surface area contributed by atoms with Crippen LogP contribution < -0.4 is 0 Å². The molecule has 2 aromatic rings. The van der Waals surface area contributed by atoms with Crippen molar-refractivity contribution in [2.45, 2.75) is 0 Å². The fourth-order valence-electron chi connectivity index (χ4n) is 1.88. The van der Waals surface area contributed by atoms with E-state index in [1.807, 2.05) is 0 Å². The molecule has 21 heavy (non-hydrogen) atoms. The van der Waals surface area contributed by atoms with E-state index in [-0.39, 0.29) is 16.7 Å². The predicted octanol–water partition coefficient (Wildman–Crippen LogP) is 3.33. The fourth-order valence-corrected chi connectivity index (χ4v) is 1.88. The topological polar surface area (TPSA) is 69.4 Å². The molecule has 0 amide bonds. The zero-order chi connectivity index (χ0) is 15.6. The van der Waals surface area contributed by atoms with Crippen LogP contribution in [0.25, 0.3) is 11.1 Å². The second-order valence-corrected chi connectivity index (χ2v) is 4.14. The van der Waals surface area contributed by atoms with Crippen LogP contribution >= 0.6 is 0 Å². The Hall–Kier alpha value is -2.83. The van der Waals surface area contributed by atoms with Crippen molar-refractivity contribution in [2.75, 3.05) is 7.11 Å². The first-order valence-electron chi connectivity index (χ1n) is 5.75. The Labute approximate surface area is 117 Å². The zero-order valence-electron chi connectivity index (χ0n) is 10.8. The maximum atomic E-state index is 13.2. The van der Waals surface area contributed by atoms with Gasteiger partial charge in [-0.1, -0.05) is 0 Å². The minimum absolute atomic E-state index is 0.00560. The van der Waals surface area contributed by atoms with Gasteiger partial charge in [0.05, 0.1) is 23.2 Å². The third-order valence-electron chi connectivity index (χ3n) is 2.79. The first-order valence-corrected chi connectivity index (χ1v) is 5.75. The molecule has 0 fully saturated rings. The molecule has 0 aliphatic heterocycles. The number of nitro groups is 1. The largest absolute Gasteiger partial charge is 0.465 e. The van der Waals surface area contributed by atoms with Gasteiger partial charge in [-0.25, -0.2) is 13.6 Å². The quantitative estimate of drug-likeness (QED) is 0.494. The molecule has 2 rings (SSSR count). The molecule has 0 saturated heterocycles. The lowest BCUT2D eigenvalue weighted by Gasteiger charge is -2.06. The number of ether oxygens (including phenoxy) is 1. The van der Waals surface area contributed by atoms with E-state index in [0.29, 0.717) is 6.07 Å². The van der Waals surface area contributed by atoms with Crippen molar-refractivity contribution < 1.29 is 23.2 Å². The molecule has 2 aromatic carbocycles. The molecule has 0 aliphatic carbocycles. The van der Waals surface area contributed by atoms with Crippen molar-refractivity contribution in [1.29, 1.82) is 0 Å². The molecule has 5 nitrogen and oxygen atoms in total. The number of rotatable bonds is 3. The number of carbonyl (C=O) groups is 1. The van der Waals surface area contributed by atoms with Crippen molar-refractivity contribution in [2.24, 2.45) is 0 Å². The molecule has 0 spiro atoms. The lowest BCUT2D eigenvalue weighted by atomic mass is 10.0. The summed E-state index contributed by atoms with van der Waals surface area (Å²) in [6.45, 7) is 0. The highest BCUT2D eigenvalue weighted by Crippen LogP contribution is 2.31. The van der Waals surface area contributed by atoms with Crippen LogP contribution in [0.4, 0.5) is 14.5 Å². The summed E-state index contributed by atoms with van der Waals surface area (Å²) in [5.74, 6) is -2.44. The van der Waals surface area contributed by atoms with E-state index in [9.17, 15) is 23.7 Å². The number of methoxy groups -OCH3 is 1.